The lowest BCUT2D eigenvalue weighted by atomic mass is 10.0. The zero-order chi connectivity index (χ0) is 20.8. The van der Waals surface area contributed by atoms with Gasteiger partial charge in [-0.1, -0.05) is 42.5 Å². The Bertz CT molecular complexity index is 1040. The summed E-state index contributed by atoms with van der Waals surface area (Å²) in [7, 11) is 3.36. The molecule has 0 bridgehead atoms. The van der Waals surface area contributed by atoms with Gasteiger partial charge in [0.15, 0.2) is 0 Å². The van der Waals surface area contributed by atoms with Gasteiger partial charge in [0, 0.05) is 25.3 Å². The fraction of sp³-hybridized carbons (Fsp3) is 0.174. The van der Waals surface area contributed by atoms with Crippen LogP contribution in [0.3, 0.4) is 0 Å². The Hall–Kier alpha value is -3.67. The number of carbonyl (C=O) groups excluding carboxylic acids is 3. The van der Waals surface area contributed by atoms with Gasteiger partial charge in [-0.25, -0.2) is 0 Å². The van der Waals surface area contributed by atoms with Gasteiger partial charge in [-0.15, -0.1) is 0 Å². The topological polar surface area (TPSA) is 78.5 Å². The fourth-order valence-corrected chi connectivity index (χ4v) is 3.02. The van der Waals surface area contributed by atoms with Gasteiger partial charge in [0.05, 0.1) is 13.0 Å². The molecule has 0 aliphatic rings. The van der Waals surface area contributed by atoms with E-state index in [9.17, 15) is 14.4 Å². The second-order valence-electron chi connectivity index (χ2n) is 6.92. The molecule has 0 atom stereocenters. The van der Waals surface area contributed by atoms with Gasteiger partial charge in [-0.05, 0) is 40.6 Å². The molecule has 148 valence electrons. The zero-order valence-electron chi connectivity index (χ0n) is 16.4. The first-order valence-corrected chi connectivity index (χ1v) is 9.29. The molecule has 29 heavy (non-hydrogen) atoms. The van der Waals surface area contributed by atoms with E-state index >= 15 is 0 Å². The zero-order valence-corrected chi connectivity index (χ0v) is 16.4. The molecule has 0 aliphatic heterocycles. The Kier molecular flexibility index (Phi) is 6.24. The molecule has 0 aliphatic carbocycles. The second kappa shape index (κ2) is 9.01. The van der Waals surface area contributed by atoms with Crippen molar-refractivity contribution in [3.8, 4) is 0 Å². The molecule has 0 radical (unpaired) electrons. The van der Waals surface area contributed by atoms with E-state index in [4.69, 9.17) is 0 Å². The van der Waals surface area contributed by atoms with Gasteiger partial charge < -0.3 is 15.5 Å². The molecule has 0 heterocycles. The molecule has 0 unspecified atom stereocenters. The van der Waals surface area contributed by atoms with Crippen LogP contribution in [0.25, 0.3) is 10.8 Å². The van der Waals surface area contributed by atoms with E-state index in [1.54, 1.807) is 38.4 Å². The third-order valence-electron chi connectivity index (χ3n) is 4.50. The van der Waals surface area contributed by atoms with Gasteiger partial charge >= 0.3 is 0 Å². The first-order chi connectivity index (χ1) is 13.9. The number of nitrogens with one attached hydrogen (secondary N) is 2. The van der Waals surface area contributed by atoms with Crippen molar-refractivity contribution in [1.82, 2.24) is 10.2 Å². The minimum Gasteiger partial charge on any atom is -0.347 e. The molecule has 3 aromatic rings. The highest BCUT2D eigenvalue weighted by atomic mass is 16.2. The van der Waals surface area contributed by atoms with Gasteiger partial charge in [-0.3, -0.25) is 14.4 Å². The Balaban J connectivity index is 1.52. The predicted molar refractivity (Wildman–Crippen MR) is 114 cm³/mol. The van der Waals surface area contributed by atoms with Crippen molar-refractivity contribution in [2.45, 2.75) is 6.42 Å². The molecule has 3 amide bonds. The summed E-state index contributed by atoms with van der Waals surface area (Å²) in [5.41, 5.74) is 2.02. The third-order valence-corrected chi connectivity index (χ3v) is 4.50. The van der Waals surface area contributed by atoms with Crippen LogP contribution in [0.2, 0.25) is 0 Å². The maximum absolute atomic E-state index is 12.3. The number of hydrogen-bond acceptors (Lipinski definition) is 3. The summed E-state index contributed by atoms with van der Waals surface area (Å²) in [6.07, 6.45) is 0.204. The first-order valence-electron chi connectivity index (χ1n) is 9.29. The quantitative estimate of drug-likeness (QED) is 0.680. The molecule has 6 nitrogen and oxygen atoms in total. The first kappa shape index (κ1) is 20.1. The molecule has 6 heteroatoms. The second-order valence-corrected chi connectivity index (χ2v) is 6.92. The van der Waals surface area contributed by atoms with Gasteiger partial charge in [0.1, 0.15) is 0 Å². The lowest BCUT2D eigenvalue weighted by Crippen LogP contribution is -2.33. The Morgan fingerprint density at radius 1 is 0.828 bits per heavy atom. The summed E-state index contributed by atoms with van der Waals surface area (Å²) in [5.74, 6) is -0.657. The maximum Gasteiger partial charge on any atom is 0.253 e. The minimum atomic E-state index is -0.331. The average Bonchev–Trinajstić information content (AvgIpc) is 2.72. The Labute approximate surface area is 169 Å². The van der Waals surface area contributed by atoms with E-state index in [0.29, 0.717) is 11.3 Å². The molecule has 3 aromatic carbocycles. The molecule has 3 rings (SSSR count). The van der Waals surface area contributed by atoms with Crippen LogP contribution in [0, 0.1) is 0 Å². The summed E-state index contributed by atoms with van der Waals surface area (Å²) in [5, 5.41) is 7.46. The third kappa shape index (κ3) is 5.19. The van der Waals surface area contributed by atoms with E-state index in [1.807, 2.05) is 42.5 Å². The van der Waals surface area contributed by atoms with Crippen LogP contribution in [0.4, 0.5) is 5.69 Å². The highest BCUT2D eigenvalue weighted by molar-refractivity contribution is 5.97. The molecule has 2 N–H and O–H groups in total. The lowest BCUT2D eigenvalue weighted by Gasteiger charge is -2.11. The van der Waals surface area contributed by atoms with Crippen LogP contribution in [0.1, 0.15) is 15.9 Å². The summed E-state index contributed by atoms with van der Waals surface area (Å²) in [6.45, 7) is -0.123. The number of benzene rings is 3. The maximum atomic E-state index is 12.3. The van der Waals surface area contributed by atoms with Crippen LogP contribution in [0.15, 0.2) is 66.7 Å². The van der Waals surface area contributed by atoms with Crippen LogP contribution in [0.5, 0.6) is 0 Å². The monoisotopic (exact) mass is 389 g/mol. The number of anilines is 1. The van der Waals surface area contributed by atoms with E-state index in [2.05, 4.69) is 10.6 Å². The SMILES string of the molecule is CN(C)C(=O)c1ccc(NC(=O)CNC(=O)Cc2cccc3ccccc23)cc1. The van der Waals surface area contributed by atoms with Crippen molar-refractivity contribution in [1.29, 1.82) is 0 Å². The standard InChI is InChI=1S/C23H23N3O3/c1-26(2)23(29)17-10-12-19(13-11-17)25-22(28)15-24-21(27)14-18-8-5-7-16-6-3-4-9-20(16)18/h3-13H,14-15H2,1-2H3,(H,24,27)(H,25,28). The van der Waals surface area contributed by atoms with Crippen molar-refractivity contribution in [2.75, 3.05) is 26.0 Å². The summed E-state index contributed by atoms with van der Waals surface area (Å²) in [6, 6.07) is 20.3. The van der Waals surface area contributed by atoms with E-state index in [0.717, 1.165) is 16.3 Å². The molecule has 0 aromatic heterocycles. The Morgan fingerprint density at radius 3 is 2.24 bits per heavy atom. The highest BCUT2D eigenvalue weighted by Gasteiger charge is 2.10. The van der Waals surface area contributed by atoms with Gasteiger partial charge in [0.2, 0.25) is 11.8 Å². The van der Waals surface area contributed by atoms with Crippen molar-refractivity contribution in [3.63, 3.8) is 0 Å². The smallest absolute Gasteiger partial charge is 0.253 e. The van der Waals surface area contributed by atoms with Crippen LogP contribution in [-0.2, 0) is 16.0 Å². The summed E-state index contributed by atoms with van der Waals surface area (Å²) >= 11 is 0. The molecule has 0 saturated heterocycles. The molecular weight excluding hydrogens is 366 g/mol. The van der Waals surface area contributed by atoms with E-state index in [1.165, 1.54) is 4.90 Å². The molecular formula is C23H23N3O3. The molecule has 0 fully saturated rings. The summed E-state index contributed by atoms with van der Waals surface area (Å²) < 4.78 is 0. The minimum absolute atomic E-state index is 0.108. The number of fused-ring (bicyclic) bond motifs is 1. The number of hydrogen-bond donors (Lipinski definition) is 2. The van der Waals surface area contributed by atoms with E-state index in [-0.39, 0.29) is 30.7 Å². The van der Waals surface area contributed by atoms with Crippen molar-refractivity contribution in [3.05, 3.63) is 77.9 Å². The number of carbonyl (C=O) groups is 3. The van der Waals surface area contributed by atoms with Gasteiger partial charge in [0.25, 0.3) is 5.91 Å². The molecule has 0 spiro atoms. The largest absolute Gasteiger partial charge is 0.347 e. The average molecular weight is 389 g/mol. The summed E-state index contributed by atoms with van der Waals surface area (Å²) in [4.78, 5) is 37.7. The molecule has 0 saturated carbocycles. The fourth-order valence-electron chi connectivity index (χ4n) is 3.02. The number of nitrogens with zero attached hydrogens (tertiary/aromatic N) is 1. The Morgan fingerprint density at radius 2 is 1.52 bits per heavy atom. The van der Waals surface area contributed by atoms with Gasteiger partial charge in [-0.2, -0.15) is 0 Å². The van der Waals surface area contributed by atoms with Crippen LogP contribution < -0.4 is 10.6 Å². The normalized spacial score (nSPS) is 10.4. The number of amides is 3. The van der Waals surface area contributed by atoms with Crippen LogP contribution in [-0.4, -0.2) is 43.3 Å². The lowest BCUT2D eigenvalue weighted by molar-refractivity contribution is -0.123. The number of rotatable bonds is 6. The predicted octanol–water partition coefficient (Wildman–Crippen LogP) is 2.84. The van der Waals surface area contributed by atoms with Crippen molar-refractivity contribution in [2.24, 2.45) is 0 Å². The van der Waals surface area contributed by atoms with Crippen molar-refractivity contribution >= 4 is 34.2 Å². The van der Waals surface area contributed by atoms with E-state index < -0.39 is 0 Å². The van der Waals surface area contributed by atoms with Crippen LogP contribution >= 0.6 is 0 Å². The van der Waals surface area contributed by atoms with Crippen molar-refractivity contribution < 1.29 is 14.4 Å². The highest BCUT2D eigenvalue weighted by Crippen LogP contribution is 2.18.